The third kappa shape index (κ3) is 6.56. The monoisotopic (exact) mass is 603 g/mol. The maximum absolute atomic E-state index is 13.8. The van der Waals surface area contributed by atoms with Crippen molar-refractivity contribution in [1.82, 2.24) is 14.0 Å². The summed E-state index contributed by atoms with van der Waals surface area (Å²) in [5.74, 6) is -0.676. The third-order valence-electron chi connectivity index (χ3n) is 7.26. The summed E-state index contributed by atoms with van der Waals surface area (Å²) in [4.78, 5) is 43.8. The van der Waals surface area contributed by atoms with E-state index in [1.54, 1.807) is 47.9 Å². The number of anilines is 1. The maximum atomic E-state index is 13.8. The minimum absolute atomic E-state index is 0.149. The quantitative estimate of drug-likeness (QED) is 0.264. The van der Waals surface area contributed by atoms with Crippen LogP contribution in [0.4, 0.5) is 5.69 Å². The summed E-state index contributed by atoms with van der Waals surface area (Å²) in [7, 11) is 1.45. The van der Waals surface area contributed by atoms with Crippen molar-refractivity contribution in [2.75, 3.05) is 25.6 Å². The highest BCUT2D eigenvalue weighted by molar-refractivity contribution is 6.31. The average molecular weight is 604 g/mol. The number of carbonyl (C=O) groups excluding carboxylic acids is 2. The fourth-order valence-electron chi connectivity index (χ4n) is 5.17. The molecule has 0 spiro atoms. The van der Waals surface area contributed by atoms with Crippen LogP contribution in [0.5, 0.6) is 5.75 Å². The van der Waals surface area contributed by atoms with Gasteiger partial charge in [-0.2, -0.15) is 5.26 Å². The molecule has 1 aliphatic heterocycles. The number of aromatic nitrogens is 3. The normalized spacial score (nSPS) is 15.4. The Hall–Kier alpha value is -4.66. The van der Waals surface area contributed by atoms with E-state index in [-0.39, 0.29) is 24.8 Å². The smallest absolute Gasteiger partial charge is 0.358 e. The van der Waals surface area contributed by atoms with E-state index in [1.165, 1.54) is 30.1 Å². The Morgan fingerprint density at radius 1 is 1.19 bits per heavy atom. The molecule has 43 heavy (non-hydrogen) atoms. The summed E-state index contributed by atoms with van der Waals surface area (Å²) in [5, 5.41) is 12.9. The number of amides is 1. The molecule has 2 atom stereocenters. The highest BCUT2D eigenvalue weighted by Gasteiger charge is 2.29. The van der Waals surface area contributed by atoms with Crippen molar-refractivity contribution >= 4 is 34.8 Å². The first kappa shape index (κ1) is 29.8. The van der Waals surface area contributed by atoms with Crippen LogP contribution in [0.25, 0.3) is 16.8 Å². The molecule has 12 heteroatoms. The largest absolute Gasteiger partial charge is 0.495 e. The molecule has 0 bridgehead atoms. The minimum atomic E-state index is -0.943. The number of pyridine rings is 2. The maximum Gasteiger partial charge on any atom is 0.358 e. The Bertz CT molecular complexity index is 1770. The molecule has 3 aromatic heterocycles. The van der Waals surface area contributed by atoms with Gasteiger partial charge in [-0.15, -0.1) is 0 Å². The molecule has 5 rings (SSSR count). The lowest BCUT2D eigenvalue weighted by Gasteiger charge is -2.28. The lowest BCUT2D eigenvalue weighted by molar-refractivity contribution is -0.121. The van der Waals surface area contributed by atoms with Crippen LogP contribution in [0.1, 0.15) is 54.7 Å². The Balaban J connectivity index is 1.50. The van der Waals surface area contributed by atoms with Crippen molar-refractivity contribution in [2.45, 2.75) is 44.8 Å². The van der Waals surface area contributed by atoms with Crippen LogP contribution in [0.3, 0.4) is 0 Å². The number of nitriles is 1. The van der Waals surface area contributed by atoms with E-state index >= 15 is 0 Å². The first-order chi connectivity index (χ1) is 20.8. The highest BCUT2D eigenvalue weighted by atomic mass is 35.5. The molecule has 1 aromatic carbocycles. The molecule has 4 aromatic rings. The Morgan fingerprint density at radius 2 is 2.02 bits per heavy atom. The molecule has 1 saturated heterocycles. The SMILES string of the molecule is CCOC(=O)c1cn2cc(NC(=O)C(C[C@@H]3CCCCO3)n3cc(OC)c(-c4cc(Cl)ccc4C#N)cc3=O)ccc2n1. The average Bonchev–Trinajstić information content (AvgIpc) is 3.44. The number of esters is 1. The van der Waals surface area contributed by atoms with Gasteiger partial charge in [0.2, 0.25) is 5.91 Å². The van der Waals surface area contributed by atoms with Crippen LogP contribution >= 0.6 is 11.6 Å². The lowest BCUT2D eigenvalue weighted by Crippen LogP contribution is -2.36. The molecule has 1 N–H and O–H groups in total. The number of hydrogen-bond donors (Lipinski definition) is 1. The molecule has 0 aliphatic carbocycles. The molecule has 1 amide bonds. The standard InChI is InChI=1S/C31H30ClN5O6/c1-3-42-31(40)25-17-36-16-21(9-10-28(36)35-25)34-30(39)26(13-22-6-4-5-11-43-22)37-18-27(41-2)24(14-29(37)38)23-12-20(32)8-7-19(23)15-33/h7-10,12,14,16-18,22,26H,3-6,11,13H2,1-2H3,(H,34,39)/t22-,26?/m0/s1. The van der Waals surface area contributed by atoms with E-state index in [1.807, 2.05) is 0 Å². The van der Waals surface area contributed by atoms with Gasteiger partial charge in [0.05, 0.1) is 43.3 Å². The second-order valence-electron chi connectivity index (χ2n) is 10.1. The first-order valence-electron chi connectivity index (χ1n) is 13.9. The van der Waals surface area contributed by atoms with Crippen LogP contribution in [0, 0.1) is 11.3 Å². The Labute approximate surface area is 252 Å². The molecule has 0 saturated carbocycles. The predicted octanol–water partition coefficient (Wildman–Crippen LogP) is 5.01. The van der Waals surface area contributed by atoms with Crippen molar-refractivity contribution in [1.29, 1.82) is 5.26 Å². The van der Waals surface area contributed by atoms with Gasteiger partial charge in [-0.3, -0.25) is 14.2 Å². The summed E-state index contributed by atoms with van der Waals surface area (Å²) >= 11 is 6.21. The number of hydrogen-bond acceptors (Lipinski definition) is 8. The van der Waals surface area contributed by atoms with Gasteiger partial charge in [-0.05, 0) is 56.5 Å². The summed E-state index contributed by atoms with van der Waals surface area (Å²) < 4.78 is 19.5. The van der Waals surface area contributed by atoms with Crippen molar-refractivity contribution in [3.8, 4) is 22.9 Å². The van der Waals surface area contributed by atoms with Crippen LogP contribution < -0.4 is 15.6 Å². The number of benzene rings is 1. The number of rotatable bonds is 9. The van der Waals surface area contributed by atoms with Crippen molar-refractivity contribution in [3.05, 3.63) is 81.6 Å². The highest BCUT2D eigenvalue weighted by Crippen LogP contribution is 2.34. The number of carbonyl (C=O) groups is 2. The Morgan fingerprint density at radius 3 is 2.74 bits per heavy atom. The molecule has 1 aliphatic rings. The van der Waals surface area contributed by atoms with Gasteiger partial charge in [0.15, 0.2) is 5.69 Å². The van der Waals surface area contributed by atoms with Gasteiger partial charge >= 0.3 is 5.97 Å². The Kier molecular flexibility index (Phi) is 9.09. The summed E-state index contributed by atoms with van der Waals surface area (Å²) in [6.07, 6.45) is 7.34. The molecule has 0 radical (unpaired) electrons. The zero-order chi connectivity index (χ0) is 30.5. The summed E-state index contributed by atoms with van der Waals surface area (Å²) in [6, 6.07) is 10.6. The van der Waals surface area contributed by atoms with E-state index < -0.39 is 23.5 Å². The fraction of sp³-hybridized carbons (Fsp3) is 0.323. The number of methoxy groups -OCH3 is 1. The first-order valence-corrected chi connectivity index (χ1v) is 14.3. The molecule has 222 valence electrons. The molecule has 4 heterocycles. The van der Waals surface area contributed by atoms with E-state index in [9.17, 15) is 19.6 Å². The zero-order valence-electron chi connectivity index (χ0n) is 23.7. The number of nitrogens with zero attached hydrogens (tertiary/aromatic N) is 4. The van der Waals surface area contributed by atoms with Crippen molar-refractivity contribution in [3.63, 3.8) is 0 Å². The van der Waals surface area contributed by atoms with Gasteiger partial charge in [0, 0.05) is 47.6 Å². The van der Waals surface area contributed by atoms with E-state index in [0.717, 1.165) is 19.3 Å². The number of fused-ring (bicyclic) bond motifs is 1. The molecular weight excluding hydrogens is 574 g/mol. The molecule has 11 nitrogen and oxygen atoms in total. The van der Waals surface area contributed by atoms with Gasteiger partial charge in [-0.25, -0.2) is 9.78 Å². The van der Waals surface area contributed by atoms with Crippen LogP contribution in [0.15, 0.2) is 59.8 Å². The second kappa shape index (κ2) is 13.1. The van der Waals surface area contributed by atoms with Crippen molar-refractivity contribution < 1.29 is 23.8 Å². The number of imidazole rings is 1. The predicted molar refractivity (Wildman–Crippen MR) is 159 cm³/mol. The van der Waals surface area contributed by atoms with Gasteiger partial charge < -0.3 is 23.9 Å². The number of ether oxygens (including phenoxy) is 3. The van der Waals surface area contributed by atoms with Crippen molar-refractivity contribution in [2.24, 2.45) is 0 Å². The minimum Gasteiger partial charge on any atom is -0.495 e. The molecule has 1 unspecified atom stereocenters. The van der Waals surface area contributed by atoms with Crippen LogP contribution in [-0.2, 0) is 14.3 Å². The second-order valence-corrected chi connectivity index (χ2v) is 10.5. The third-order valence-corrected chi connectivity index (χ3v) is 7.49. The zero-order valence-corrected chi connectivity index (χ0v) is 24.5. The summed E-state index contributed by atoms with van der Waals surface area (Å²) in [6.45, 7) is 2.52. The topological polar surface area (TPSA) is 137 Å². The molecule has 1 fully saturated rings. The van der Waals surface area contributed by atoms with E-state index in [0.29, 0.717) is 45.4 Å². The van der Waals surface area contributed by atoms with Gasteiger partial charge in [0.25, 0.3) is 5.56 Å². The molecular formula is C31H30ClN5O6. The van der Waals surface area contributed by atoms with Crippen LogP contribution in [-0.4, -0.2) is 52.3 Å². The van der Waals surface area contributed by atoms with Gasteiger partial charge in [-0.1, -0.05) is 11.6 Å². The summed E-state index contributed by atoms with van der Waals surface area (Å²) in [5.41, 5.74) is 1.79. The van der Waals surface area contributed by atoms with Gasteiger partial charge in [0.1, 0.15) is 17.4 Å². The number of halogens is 1. The van der Waals surface area contributed by atoms with E-state index in [2.05, 4.69) is 16.4 Å². The lowest BCUT2D eigenvalue weighted by atomic mass is 9.99. The van der Waals surface area contributed by atoms with Crippen LogP contribution in [0.2, 0.25) is 5.02 Å². The number of nitrogens with one attached hydrogen (secondary N) is 1. The fourth-order valence-corrected chi connectivity index (χ4v) is 5.34. The van der Waals surface area contributed by atoms with E-state index in [4.69, 9.17) is 25.8 Å².